The Morgan fingerprint density at radius 1 is 1.03 bits per heavy atom. The minimum atomic E-state index is -3.11. The highest BCUT2D eigenvalue weighted by Crippen LogP contribution is 2.07. The van der Waals surface area contributed by atoms with Gasteiger partial charge in [-0.05, 0) is 53.0 Å². The van der Waals surface area contributed by atoms with E-state index in [-0.39, 0.29) is 11.5 Å². The Kier molecular flexibility index (Phi) is 11.9. The van der Waals surface area contributed by atoms with Gasteiger partial charge in [-0.15, -0.1) is 0 Å². The maximum Gasteiger partial charge on any atom is 0.191 e. The van der Waals surface area contributed by atoms with Gasteiger partial charge in [0, 0.05) is 38.3 Å². The van der Waals surface area contributed by atoms with Crippen molar-refractivity contribution in [2.75, 3.05) is 31.9 Å². The molecule has 166 valence electrons. The summed E-state index contributed by atoms with van der Waals surface area (Å²) in [7, 11) is -3.11. The van der Waals surface area contributed by atoms with Gasteiger partial charge in [0.2, 0.25) is 0 Å². The molecule has 1 rings (SSSR count). The molecule has 0 saturated carbocycles. The lowest BCUT2D eigenvalue weighted by molar-refractivity contribution is 0.173. The molecule has 0 aliphatic heterocycles. The predicted molar refractivity (Wildman–Crippen MR) is 124 cm³/mol. The van der Waals surface area contributed by atoms with Crippen LogP contribution >= 0.6 is 0 Å². The molecule has 0 aliphatic rings. The van der Waals surface area contributed by atoms with E-state index in [0.29, 0.717) is 25.0 Å². The topological polar surface area (TPSA) is 73.8 Å². The van der Waals surface area contributed by atoms with Gasteiger partial charge in [0.05, 0.1) is 11.5 Å². The first-order valence-corrected chi connectivity index (χ1v) is 12.6. The maximum atomic E-state index is 12.3. The highest BCUT2D eigenvalue weighted by molar-refractivity contribution is 7.90. The third kappa shape index (κ3) is 11.2. The molecular formula is C22H40N4O2S. The van der Waals surface area contributed by atoms with Gasteiger partial charge in [-0.1, -0.05) is 30.3 Å². The molecule has 7 heteroatoms. The fourth-order valence-electron chi connectivity index (χ4n) is 3.30. The van der Waals surface area contributed by atoms with E-state index in [0.717, 1.165) is 37.6 Å². The van der Waals surface area contributed by atoms with Gasteiger partial charge >= 0.3 is 0 Å². The summed E-state index contributed by atoms with van der Waals surface area (Å²) in [5, 5.41) is 6.58. The normalized spacial score (nSPS) is 12.8. The van der Waals surface area contributed by atoms with Crippen molar-refractivity contribution in [2.45, 2.75) is 65.3 Å². The molecule has 6 nitrogen and oxygen atoms in total. The number of hydrogen-bond acceptors (Lipinski definition) is 4. The Hall–Kier alpha value is -1.60. The Labute approximate surface area is 178 Å². The molecule has 0 heterocycles. The number of aliphatic imine (C=N–C) groups is 1. The second kappa shape index (κ2) is 13.6. The van der Waals surface area contributed by atoms with E-state index in [1.54, 1.807) is 0 Å². The number of nitrogens with zero attached hydrogens (tertiary/aromatic N) is 2. The molecule has 0 aromatic heterocycles. The smallest absolute Gasteiger partial charge is 0.191 e. The van der Waals surface area contributed by atoms with Crippen LogP contribution in [0.1, 0.15) is 53.0 Å². The van der Waals surface area contributed by atoms with Gasteiger partial charge in [-0.3, -0.25) is 9.89 Å². The van der Waals surface area contributed by atoms with E-state index >= 15 is 0 Å². The molecule has 0 bridgehead atoms. The van der Waals surface area contributed by atoms with Crippen LogP contribution in [0, 0.1) is 0 Å². The van der Waals surface area contributed by atoms with E-state index in [4.69, 9.17) is 0 Å². The average Bonchev–Trinajstić information content (AvgIpc) is 2.64. The molecule has 0 amide bonds. The van der Waals surface area contributed by atoms with Gasteiger partial charge in [0.25, 0.3) is 0 Å². The van der Waals surface area contributed by atoms with Crippen molar-refractivity contribution in [3.63, 3.8) is 0 Å². The summed E-state index contributed by atoms with van der Waals surface area (Å²) in [6.45, 7) is 14.1. The van der Waals surface area contributed by atoms with E-state index in [1.807, 2.05) is 37.3 Å². The van der Waals surface area contributed by atoms with Crippen molar-refractivity contribution in [3.8, 4) is 0 Å². The molecule has 1 aromatic carbocycles. The summed E-state index contributed by atoms with van der Waals surface area (Å²) in [4.78, 5) is 7.00. The molecule has 0 atom stereocenters. The van der Waals surface area contributed by atoms with Crippen LogP contribution in [-0.4, -0.2) is 63.3 Å². The summed E-state index contributed by atoms with van der Waals surface area (Å²) in [5.74, 6) is 1.01. The van der Waals surface area contributed by atoms with E-state index in [9.17, 15) is 8.42 Å². The number of rotatable bonds is 13. The van der Waals surface area contributed by atoms with Crippen LogP contribution in [0.25, 0.3) is 0 Å². The molecule has 0 unspecified atom stereocenters. The molecule has 0 radical (unpaired) electrons. The van der Waals surface area contributed by atoms with Crippen molar-refractivity contribution in [2.24, 2.45) is 4.99 Å². The van der Waals surface area contributed by atoms with Crippen LogP contribution in [-0.2, 0) is 15.6 Å². The van der Waals surface area contributed by atoms with E-state index < -0.39 is 9.84 Å². The van der Waals surface area contributed by atoms with Crippen molar-refractivity contribution in [1.82, 2.24) is 15.5 Å². The number of sulfone groups is 1. The zero-order chi connectivity index (χ0) is 21.7. The van der Waals surface area contributed by atoms with E-state index in [2.05, 4.69) is 48.2 Å². The first-order valence-electron chi connectivity index (χ1n) is 10.8. The SMILES string of the molecule is CCNC(=NCCCS(=O)(=O)Cc1ccccc1)NCCCN(C(C)C)C(C)C. The Balaban J connectivity index is 2.39. The Morgan fingerprint density at radius 2 is 1.69 bits per heavy atom. The van der Waals surface area contributed by atoms with Gasteiger partial charge in [-0.2, -0.15) is 0 Å². The van der Waals surface area contributed by atoms with Crippen molar-refractivity contribution >= 4 is 15.8 Å². The molecule has 0 saturated heterocycles. The summed E-state index contributed by atoms with van der Waals surface area (Å²) < 4.78 is 24.5. The van der Waals surface area contributed by atoms with Gasteiger partial charge < -0.3 is 10.6 Å². The monoisotopic (exact) mass is 424 g/mol. The zero-order valence-corrected chi connectivity index (χ0v) is 19.6. The largest absolute Gasteiger partial charge is 0.357 e. The third-order valence-electron chi connectivity index (χ3n) is 4.67. The van der Waals surface area contributed by atoms with Crippen LogP contribution in [0.2, 0.25) is 0 Å². The lowest BCUT2D eigenvalue weighted by Gasteiger charge is -2.30. The fourth-order valence-corrected chi connectivity index (χ4v) is 4.71. The first-order chi connectivity index (χ1) is 13.7. The summed E-state index contributed by atoms with van der Waals surface area (Å²) in [6.07, 6.45) is 1.56. The minimum absolute atomic E-state index is 0.0953. The molecule has 29 heavy (non-hydrogen) atoms. The number of nitrogens with one attached hydrogen (secondary N) is 2. The number of benzene rings is 1. The highest BCUT2D eigenvalue weighted by atomic mass is 32.2. The van der Waals surface area contributed by atoms with Gasteiger partial charge in [-0.25, -0.2) is 8.42 Å². The van der Waals surface area contributed by atoms with Crippen LogP contribution in [0.5, 0.6) is 0 Å². The van der Waals surface area contributed by atoms with Gasteiger partial charge in [0.15, 0.2) is 15.8 Å². The molecule has 0 aliphatic carbocycles. The Morgan fingerprint density at radius 3 is 2.28 bits per heavy atom. The van der Waals surface area contributed by atoms with Crippen molar-refractivity contribution < 1.29 is 8.42 Å². The summed E-state index contributed by atoms with van der Waals surface area (Å²) in [6, 6.07) is 10.4. The minimum Gasteiger partial charge on any atom is -0.357 e. The second-order valence-electron chi connectivity index (χ2n) is 7.90. The highest BCUT2D eigenvalue weighted by Gasteiger charge is 2.13. The second-order valence-corrected chi connectivity index (χ2v) is 10.1. The third-order valence-corrected chi connectivity index (χ3v) is 6.35. The van der Waals surface area contributed by atoms with Crippen LogP contribution in [0.3, 0.4) is 0 Å². The summed E-state index contributed by atoms with van der Waals surface area (Å²) in [5.41, 5.74) is 0.836. The summed E-state index contributed by atoms with van der Waals surface area (Å²) >= 11 is 0. The molecule has 0 spiro atoms. The fraction of sp³-hybridized carbons (Fsp3) is 0.682. The van der Waals surface area contributed by atoms with E-state index in [1.165, 1.54) is 0 Å². The molecule has 1 aromatic rings. The average molecular weight is 425 g/mol. The lowest BCUT2D eigenvalue weighted by Crippen LogP contribution is -2.41. The molecule has 0 fully saturated rings. The lowest BCUT2D eigenvalue weighted by atomic mass is 10.2. The van der Waals surface area contributed by atoms with Gasteiger partial charge in [0.1, 0.15) is 0 Å². The van der Waals surface area contributed by atoms with Crippen LogP contribution in [0.4, 0.5) is 0 Å². The number of hydrogen-bond donors (Lipinski definition) is 2. The maximum absolute atomic E-state index is 12.3. The standard InChI is InChI=1S/C22H40N4O2S/c1-6-23-22(24-14-10-16-26(19(2)3)20(4)5)25-15-11-17-29(27,28)18-21-12-8-7-9-13-21/h7-9,12-13,19-20H,6,10-11,14-18H2,1-5H3,(H2,23,24,25). The zero-order valence-electron chi connectivity index (χ0n) is 18.8. The van der Waals surface area contributed by atoms with Crippen molar-refractivity contribution in [1.29, 1.82) is 0 Å². The molecular weight excluding hydrogens is 384 g/mol. The van der Waals surface area contributed by atoms with Crippen molar-refractivity contribution in [3.05, 3.63) is 35.9 Å². The van der Waals surface area contributed by atoms with Crippen LogP contribution in [0.15, 0.2) is 35.3 Å². The quantitative estimate of drug-likeness (QED) is 0.289. The molecule has 2 N–H and O–H groups in total. The van der Waals surface area contributed by atoms with Crippen LogP contribution < -0.4 is 10.6 Å². The Bertz CT molecular complexity index is 680. The first kappa shape index (κ1) is 25.4. The predicted octanol–water partition coefficient (Wildman–Crippen LogP) is 3.06. The number of guanidine groups is 1.